The molecule has 0 bridgehead atoms. The minimum absolute atomic E-state index is 0.0693. The molecule has 4 N–H and O–H groups in total. The first kappa shape index (κ1) is 17.6. The van der Waals surface area contributed by atoms with Crippen molar-refractivity contribution in [2.75, 3.05) is 12.3 Å². The van der Waals surface area contributed by atoms with Crippen LogP contribution in [-0.2, 0) is 16.0 Å². The highest BCUT2D eigenvalue weighted by atomic mass is 16.2. The van der Waals surface area contributed by atoms with Gasteiger partial charge in [0.1, 0.15) is 0 Å². The molecule has 2 aromatic heterocycles. The van der Waals surface area contributed by atoms with E-state index >= 15 is 0 Å². The number of nitrogen functional groups attached to an aromatic ring is 1. The summed E-state index contributed by atoms with van der Waals surface area (Å²) < 4.78 is 1.51. The number of nitrogens with two attached hydrogens (primary N) is 1. The zero-order valence-corrected chi connectivity index (χ0v) is 14.6. The Morgan fingerprint density at radius 1 is 1.17 bits per heavy atom. The Morgan fingerprint density at radius 3 is 2.46 bits per heavy atom. The first-order chi connectivity index (χ1) is 11.1. The summed E-state index contributed by atoms with van der Waals surface area (Å²) in [6.07, 6.45) is 0.100. The lowest BCUT2D eigenvalue weighted by Gasteiger charge is -2.20. The first-order valence-corrected chi connectivity index (χ1v) is 7.63. The van der Waals surface area contributed by atoms with E-state index in [1.165, 1.54) is 4.52 Å². The average molecular weight is 333 g/mol. The van der Waals surface area contributed by atoms with E-state index in [1.54, 1.807) is 6.92 Å². The molecule has 0 saturated carbocycles. The summed E-state index contributed by atoms with van der Waals surface area (Å²) in [5.41, 5.74) is 7.41. The quantitative estimate of drug-likeness (QED) is 0.717. The fourth-order valence-corrected chi connectivity index (χ4v) is 2.34. The third kappa shape index (κ3) is 4.18. The van der Waals surface area contributed by atoms with Gasteiger partial charge in [0.15, 0.2) is 0 Å². The number of amides is 2. The molecule has 0 unspecified atom stereocenters. The molecular formula is C15H23N7O2. The second kappa shape index (κ2) is 6.42. The van der Waals surface area contributed by atoms with Gasteiger partial charge in [-0.2, -0.15) is 9.50 Å². The van der Waals surface area contributed by atoms with Crippen LogP contribution in [0.15, 0.2) is 0 Å². The van der Waals surface area contributed by atoms with Crippen LogP contribution in [0.4, 0.5) is 5.95 Å². The number of hydrogen-bond acceptors (Lipinski definition) is 6. The van der Waals surface area contributed by atoms with Crippen LogP contribution >= 0.6 is 0 Å². The molecule has 0 atom stereocenters. The van der Waals surface area contributed by atoms with Crippen LogP contribution in [0.5, 0.6) is 0 Å². The van der Waals surface area contributed by atoms with E-state index in [-0.39, 0.29) is 36.3 Å². The van der Waals surface area contributed by atoms with E-state index in [2.05, 4.69) is 25.7 Å². The molecule has 0 aliphatic heterocycles. The Morgan fingerprint density at radius 2 is 1.83 bits per heavy atom. The maximum absolute atomic E-state index is 12.1. The molecule has 2 rings (SSSR count). The molecule has 0 spiro atoms. The van der Waals surface area contributed by atoms with E-state index in [0.717, 1.165) is 11.3 Å². The lowest BCUT2D eigenvalue weighted by Crippen LogP contribution is -2.46. The van der Waals surface area contributed by atoms with Crippen LogP contribution < -0.4 is 16.4 Å². The number of carbonyl (C=O) groups is 2. The molecule has 9 heteroatoms. The van der Waals surface area contributed by atoms with Gasteiger partial charge >= 0.3 is 0 Å². The SMILES string of the molecule is Cc1nc2nc(N)nn2c(C)c1CC(=O)NCC(=O)NC(C)(C)C. The topological polar surface area (TPSA) is 127 Å². The smallest absolute Gasteiger partial charge is 0.254 e. The van der Waals surface area contributed by atoms with Crippen molar-refractivity contribution in [1.29, 1.82) is 0 Å². The number of aromatic nitrogens is 4. The predicted molar refractivity (Wildman–Crippen MR) is 89.3 cm³/mol. The average Bonchev–Trinajstić information content (AvgIpc) is 2.80. The van der Waals surface area contributed by atoms with Crippen LogP contribution in [0.2, 0.25) is 0 Å². The van der Waals surface area contributed by atoms with E-state index in [1.807, 2.05) is 27.7 Å². The van der Waals surface area contributed by atoms with Crippen LogP contribution in [0, 0.1) is 13.8 Å². The maximum atomic E-state index is 12.1. The molecule has 130 valence electrons. The zero-order valence-electron chi connectivity index (χ0n) is 14.6. The summed E-state index contributed by atoms with van der Waals surface area (Å²) in [6, 6.07) is 0. The number of carbonyl (C=O) groups excluding carboxylic acids is 2. The van der Waals surface area contributed by atoms with Crippen molar-refractivity contribution in [3.05, 3.63) is 17.0 Å². The second-order valence-electron chi connectivity index (χ2n) is 6.69. The van der Waals surface area contributed by atoms with E-state index < -0.39 is 0 Å². The van der Waals surface area contributed by atoms with Crippen molar-refractivity contribution in [3.63, 3.8) is 0 Å². The van der Waals surface area contributed by atoms with Gasteiger partial charge in [-0.1, -0.05) is 0 Å². The Kier molecular flexibility index (Phi) is 4.72. The van der Waals surface area contributed by atoms with Crippen LogP contribution in [0.3, 0.4) is 0 Å². The number of fused-ring (bicyclic) bond motifs is 1. The van der Waals surface area contributed by atoms with Gasteiger partial charge < -0.3 is 16.4 Å². The van der Waals surface area contributed by atoms with Crippen molar-refractivity contribution in [1.82, 2.24) is 30.2 Å². The number of rotatable bonds is 4. The Hall–Kier alpha value is -2.71. The number of hydrogen-bond donors (Lipinski definition) is 3. The molecule has 0 fully saturated rings. The minimum atomic E-state index is -0.336. The Balaban J connectivity index is 2.06. The summed E-state index contributed by atoms with van der Waals surface area (Å²) >= 11 is 0. The first-order valence-electron chi connectivity index (χ1n) is 7.63. The van der Waals surface area contributed by atoms with E-state index in [0.29, 0.717) is 11.5 Å². The van der Waals surface area contributed by atoms with Crippen molar-refractivity contribution in [2.24, 2.45) is 0 Å². The number of anilines is 1. The number of nitrogens with zero attached hydrogens (tertiary/aromatic N) is 4. The molecule has 0 aliphatic carbocycles. The van der Waals surface area contributed by atoms with Gasteiger partial charge in [0.25, 0.3) is 5.78 Å². The third-order valence-corrected chi connectivity index (χ3v) is 3.36. The highest BCUT2D eigenvalue weighted by Crippen LogP contribution is 2.14. The van der Waals surface area contributed by atoms with Crippen LogP contribution in [0.25, 0.3) is 5.78 Å². The zero-order chi connectivity index (χ0) is 18.1. The molecular weight excluding hydrogens is 310 g/mol. The van der Waals surface area contributed by atoms with E-state index in [9.17, 15) is 9.59 Å². The van der Waals surface area contributed by atoms with Gasteiger partial charge in [0.05, 0.1) is 13.0 Å². The fraction of sp³-hybridized carbons (Fsp3) is 0.533. The van der Waals surface area contributed by atoms with E-state index in [4.69, 9.17) is 5.73 Å². The molecule has 0 radical (unpaired) electrons. The predicted octanol–water partition coefficient (Wildman–Crippen LogP) is -0.103. The van der Waals surface area contributed by atoms with Gasteiger partial charge in [-0.3, -0.25) is 9.59 Å². The molecule has 24 heavy (non-hydrogen) atoms. The van der Waals surface area contributed by atoms with Crippen molar-refractivity contribution in [3.8, 4) is 0 Å². The van der Waals surface area contributed by atoms with Gasteiger partial charge in [-0.15, -0.1) is 5.10 Å². The summed E-state index contributed by atoms with van der Waals surface area (Å²) in [5, 5.41) is 9.46. The van der Waals surface area contributed by atoms with Crippen LogP contribution in [0.1, 0.15) is 37.7 Å². The Labute approximate surface area is 140 Å². The Bertz CT molecular complexity index is 789. The second-order valence-corrected chi connectivity index (χ2v) is 6.69. The molecule has 2 aromatic rings. The maximum Gasteiger partial charge on any atom is 0.254 e. The van der Waals surface area contributed by atoms with Gasteiger partial charge in [-0.05, 0) is 34.6 Å². The van der Waals surface area contributed by atoms with Crippen molar-refractivity contribution in [2.45, 2.75) is 46.6 Å². The fourth-order valence-electron chi connectivity index (χ4n) is 2.34. The number of nitrogens with one attached hydrogen (secondary N) is 2. The molecule has 2 amide bonds. The standard InChI is InChI=1S/C15H23N7O2/c1-8-10(9(2)22-14(18-8)19-13(16)21-22)6-11(23)17-7-12(24)20-15(3,4)5/h6-7H2,1-5H3,(H2,16,21)(H,17,23)(H,20,24). The molecule has 2 heterocycles. The normalized spacial score (nSPS) is 11.5. The van der Waals surface area contributed by atoms with Crippen LogP contribution in [-0.4, -0.2) is 43.5 Å². The van der Waals surface area contributed by atoms with Gasteiger partial charge in [0.2, 0.25) is 17.8 Å². The largest absolute Gasteiger partial charge is 0.366 e. The lowest BCUT2D eigenvalue weighted by atomic mass is 10.1. The molecule has 0 aromatic carbocycles. The highest BCUT2D eigenvalue weighted by molar-refractivity contribution is 5.86. The van der Waals surface area contributed by atoms with Crippen molar-refractivity contribution >= 4 is 23.5 Å². The molecule has 0 saturated heterocycles. The summed E-state index contributed by atoms with van der Waals surface area (Å²) in [5.74, 6) is 0.0306. The monoisotopic (exact) mass is 333 g/mol. The lowest BCUT2D eigenvalue weighted by molar-refractivity contribution is -0.126. The third-order valence-electron chi connectivity index (χ3n) is 3.36. The summed E-state index contributed by atoms with van der Waals surface area (Å²) in [4.78, 5) is 32.2. The van der Waals surface area contributed by atoms with Gasteiger partial charge in [-0.25, -0.2) is 4.98 Å². The van der Waals surface area contributed by atoms with Crippen molar-refractivity contribution < 1.29 is 9.59 Å². The minimum Gasteiger partial charge on any atom is -0.366 e. The number of aryl methyl sites for hydroxylation is 2. The highest BCUT2D eigenvalue weighted by Gasteiger charge is 2.17. The molecule has 0 aliphatic rings. The summed E-state index contributed by atoms with van der Waals surface area (Å²) in [6.45, 7) is 9.19. The van der Waals surface area contributed by atoms with Gasteiger partial charge in [0, 0.05) is 22.5 Å². The molecule has 9 nitrogen and oxygen atoms in total. The summed E-state index contributed by atoms with van der Waals surface area (Å²) in [7, 11) is 0.